The SMILES string of the molecule is NCCOCC(=O)Cc1ccccn1. The molecule has 1 aromatic heterocycles. The molecule has 0 atom stereocenters. The zero-order chi connectivity index (χ0) is 10.2. The fourth-order valence-corrected chi connectivity index (χ4v) is 1.03. The Morgan fingerprint density at radius 2 is 2.36 bits per heavy atom. The summed E-state index contributed by atoms with van der Waals surface area (Å²) in [7, 11) is 0. The van der Waals surface area contributed by atoms with Crippen LogP contribution in [0.4, 0.5) is 0 Å². The topological polar surface area (TPSA) is 65.2 Å². The van der Waals surface area contributed by atoms with Gasteiger partial charge in [0.1, 0.15) is 6.61 Å². The molecule has 0 spiro atoms. The van der Waals surface area contributed by atoms with Gasteiger partial charge in [0.2, 0.25) is 0 Å². The lowest BCUT2D eigenvalue weighted by Gasteiger charge is -2.01. The van der Waals surface area contributed by atoms with E-state index in [1.54, 1.807) is 6.20 Å². The summed E-state index contributed by atoms with van der Waals surface area (Å²) >= 11 is 0. The Morgan fingerprint density at radius 3 is 3.00 bits per heavy atom. The molecule has 0 aliphatic rings. The van der Waals surface area contributed by atoms with Crippen LogP contribution in [-0.2, 0) is 16.0 Å². The summed E-state index contributed by atoms with van der Waals surface area (Å²) in [5.41, 5.74) is 5.99. The minimum absolute atomic E-state index is 0.0251. The Bertz CT molecular complexity index is 275. The normalized spacial score (nSPS) is 10.1. The van der Waals surface area contributed by atoms with Crippen LogP contribution in [0.25, 0.3) is 0 Å². The molecule has 0 bridgehead atoms. The molecule has 0 unspecified atom stereocenters. The highest BCUT2D eigenvalue weighted by Crippen LogP contribution is 1.95. The number of carbonyl (C=O) groups excluding carboxylic acids is 1. The van der Waals surface area contributed by atoms with Crippen molar-refractivity contribution >= 4 is 5.78 Å². The monoisotopic (exact) mass is 194 g/mol. The number of Topliss-reactive ketones (excluding diaryl/α,β-unsaturated/α-hetero) is 1. The molecule has 14 heavy (non-hydrogen) atoms. The Labute approximate surface area is 83.1 Å². The third kappa shape index (κ3) is 4.11. The highest BCUT2D eigenvalue weighted by Gasteiger charge is 2.03. The number of carbonyl (C=O) groups is 1. The summed E-state index contributed by atoms with van der Waals surface area (Å²) in [5.74, 6) is 0.0251. The molecule has 0 amide bonds. The van der Waals surface area contributed by atoms with E-state index in [-0.39, 0.29) is 12.4 Å². The van der Waals surface area contributed by atoms with Gasteiger partial charge < -0.3 is 10.5 Å². The van der Waals surface area contributed by atoms with Gasteiger partial charge in [-0.1, -0.05) is 6.07 Å². The van der Waals surface area contributed by atoms with Gasteiger partial charge in [-0.3, -0.25) is 9.78 Å². The number of nitrogens with two attached hydrogens (primary N) is 1. The second kappa shape index (κ2) is 6.23. The molecule has 0 saturated heterocycles. The fourth-order valence-electron chi connectivity index (χ4n) is 1.03. The first-order chi connectivity index (χ1) is 6.83. The van der Waals surface area contributed by atoms with E-state index in [4.69, 9.17) is 10.5 Å². The maximum atomic E-state index is 11.3. The standard InChI is InChI=1S/C10H14N2O2/c11-4-6-14-8-10(13)7-9-3-1-2-5-12-9/h1-3,5H,4,6-8,11H2. The van der Waals surface area contributed by atoms with E-state index < -0.39 is 0 Å². The van der Waals surface area contributed by atoms with Crippen LogP contribution in [0.15, 0.2) is 24.4 Å². The van der Waals surface area contributed by atoms with Crippen molar-refractivity contribution in [1.82, 2.24) is 4.98 Å². The van der Waals surface area contributed by atoms with Crippen molar-refractivity contribution < 1.29 is 9.53 Å². The molecular weight excluding hydrogens is 180 g/mol. The number of rotatable bonds is 6. The van der Waals surface area contributed by atoms with E-state index in [9.17, 15) is 4.79 Å². The quantitative estimate of drug-likeness (QED) is 0.655. The number of hydrogen-bond donors (Lipinski definition) is 1. The van der Waals surface area contributed by atoms with E-state index in [0.29, 0.717) is 19.6 Å². The van der Waals surface area contributed by atoms with Crippen molar-refractivity contribution in [2.75, 3.05) is 19.8 Å². The molecule has 0 aromatic carbocycles. The number of hydrogen-bond acceptors (Lipinski definition) is 4. The Kier molecular flexibility index (Phi) is 4.82. The van der Waals surface area contributed by atoms with Crippen LogP contribution in [0.1, 0.15) is 5.69 Å². The molecule has 1 heterocycles. The Hall–Kier alpha value is -1.26. The predicted molar refractivity (Wildman–Crippen MR) is 52.8 cm³/mol. The van der Waals surface area contributed by atoms with Crippen LogP contribution >= 0.6 is 0 Å². The third-order valence-electron chi connectivity index (χ3n) is 1.63. The summed E-state index contributed by atoms with van der Waals surface area (Å²) in [6.07, 6.45) is 1.99. The van der Waals surface area contributed by atoms with Crippen LogP contribution in [-0.4, -0.2) is 30.5 Å². The smallest absolute Gasteiger partial charge is 0.164 e. The highest BCUT2D eigenvalue weighted by atomic mass is 16.5. The molecule has 2 N–H and O–H groups in total. The molecule has 1 aromatic rings. The predicted octanol–water partition coefficient (Wildman–Crippen LogP) is 0.168. The number of pyridine rings is 1. The molecule has 4 heteroatoms. The molecule has 0 fully saturated rings. The van der Waals surface area contributed by atoms with Crippen molar-refractivity contribution in [3.63, 3.8) is 0 Å². The second-order valence-corrected chi connectivity index (χ2v) is 2.88. The van der Waals surface area contributed by atoms with Gasteiger partial charge in [-0.05, 0) is 12.1 Å². The van der Waals surface area contributed by atoms with Gasteiger partial charge in [0.05, 0.1) is 13.0 Å². The minimum atomic E-state index is 0.0251. The molecule has 0 radical (unpaired) electrons. The first-order valence-corrected chi connectivity index (χ1v) is 4.52. The first kappa shape index (κ1) is 10.8. The summed E-state index contributed by atoms with van der Waals surface area (Å²) in [4.78, 5) is 15.3. The van der Waals surface area contributed by atoms with E-state index in [2.05, 4.69) is 4.98 Å². The molecule has 0 saturated carbocycles. The van der Waals surface area contributed by atoms with Gasteiger partial charge in [0.15, 0.2) is 5.78 Å². The molecule has 76 valence electrons. The van der Waals surface area contributed by atoms with Crippen LogP contribution in [0.5, 0.6) is 0 Å². The van der Waals surface area contributed by atoms with E-state index in [1.807, 2.05) is 18.2 Å². The average molecular weight is 194 g/mol. The summed E-state index contributed by atoms with van der Waals surface area (Å²) in [6.45, 7) is 0.985. The lowest BCUT2D eigenvalue weighted by molar-refractivity contribution is -0.122. The number of aromatic nitrogens is 1. The van der Waals surface area contributed by atoms with E-state index in [1.165, 1.54) is 0 Å². The van der Waals surface area contributed by atoms with Gasteiger partial charge in [-0.25, -0.2) is 0 Å². The van der Waals surface area contributed by atoms with Crippen LogP contribution in [0, 0.1) is 0 Å². The van der Waals surface area contributed by atoms with Gasteiger partial charge in [0.25, 0.3) is 0 Å². The summed E-state index contributed by atoms with van der Waals surface area (Å²) < 4.78 is 5.01. The average Bonchev–Trinajstić information content (AvgIpc) is 2.20. The lowest BCUT2D eigenvalue weighted by Crippen LogP contribution is -2.16. The minimum Gasteiger partial charge on any atom is -0.372 e. The molecule has 1 rings (SSSR count). The highest BCUT2D eigenvalue weighted by molar-refractivity contribution is 5.81. The van der Waals surface area contributed by atoms with Gasteiger partial charge in [-0.2, -0.15) is 0 Å². The van der Waals surface area contributed by atoms with Gasteiger partial charge >= 0.3 is 0 Å². The van der Waals surface area contributed by atoms with Crippen molar-refractivity contribution in [3.8, 4) is 0 Å². The van der Waals surface area contributed by atoms with Crippen molar-refractivity contribution in [2.24, 2.45) is 5.73 Å². The summed E-state index contributed by atoms with van der Waals surface area (Å²) in [6, 6.07) is 5.50. The van der Waals surface area contributed by atoms with Gasteiger partial charge in [0, 0.05) is 18.4 Å². The van der Waals surface area contributed by atoms with Crippen LogP contribution in [0.3, 0.4) is 0 Å². The summed E-state index contributed by atoms with van der Waals surface area (Å²) in [5, 5.41) is 0. The largest absolute Gasteiger partial charge is 0.372 e. The van der Waals surface area contributed by atoms with Crippen LogP contribution in [0.2, 0.25) is 0 Å². The number of ketones is 1. The molecular formula is C10H14N2O2. The van der Waals surface area contributed by atoms with Crippen molar-refractivity contribution in [1.29, 1.82) is 0 Å². The van der Waals surface area contributed by atoms with Crippen LogP contribution < -0.4 is 5.73 Å². The maximum absolute atomic E-state index is 11.3. The zero-order valence-corrected chi connectivity index (χ0v) is 7.98. The molecule has 0 aliphatic carbocycles. The molecule has 0 aliphatic heterocycles. The maximum Gasteiger partial charge on any atom is 0.164 e. The third-order valence-corrected chi connectivity index (χ3v) is 1.63. The Balaban J connectivity index is 2.27. The fraction of sp³-hybridized carbons (Fsp3) is 0.400. The second-order valence-electron chi connectivity index (χ2n) is 2.88. The Morgan fingerprint density at radius 1 is 1.50 bits per heavy atom. The number of nitrogens with zero attached hydrogens (tertiary/aromatic N) is 1. The molecule has 4 nitrogen and oxygen atoms in total. The lowest BCUT2D eigenvalue weighted by atomic mass is 10.2. The first-order valence-electron chi connectivity index (χ1n) is 4.52. The van der Waals surface area contributed by atoms with Crippen molar-refractivity contribution in [2.45, 2.75) is 6.42 Å². The van der Waals surface area contributed by atoms with Gasteiger partial charge in [-0.15, -0.1) is 0 Å². The zero-order valence-electron chi connectivity index (χ0n) is 7.98. The van der Waals surface area contributed by atoms with E-state index >= 15 is 0 Å². The van der Waals surface area contributed by atoms with E-state index in [0.717, 1.165) is 5.69 Å². The van der Waals surface area contributed by atoms with Crippen molar-refractivity contribution in [3.05, 3.63) is 30.1 Å². The number of ether oxygens (including phenoxy) is 1.